The van der Waals surface area contributed by atoms with Crippen molar-refractivity contribution < 1.29 is 41.0 Å². The number of carboxylic acids is 1. The minimum absolute atomic E-state index is 0.000602. The van der Waals surface area contributed by atoms with Gasteiger partial charge in [0.25, 0.3) is 0 Å². The number of hydrogen-bond donors (Lipinski definition) is 1. The number of aliphatic carboxylic acids is 1. The quantitative estimate of drug-likeness (QED) is 0.239. The number of para-hydroxylation sites is 1. The number of halogens is 6. The maximum Gasteiger partial charge on any atom is 0.416 e. The number of anilines is 1. The molecule has 1 heterocycles. The number of ether oxygens (including phenoxy) is 1. The number of nitrogens with zero attached hydrogens (tertiary/aromatic N) is 2. The molecule has 0 bridgehead atoms. The Balaban J connectivity index is 1.73. The van der Waals surface area contributed by atoms with Gasteiger partial charge in [-0.3, -0.25) is 4.79 Å². The average molecular weight is 570 g/mol. The largest absolute Gasteiger partial charge is 0.495 e. The first-order chi connectivity index (χ1) is 19.5. The first kappa shape index (κ1) is 27.8. The van der Waals surface area contributed by atoms with E-state index in [0.29, 0.717) is 16.7 Å². The van der Waals surface area contributed by atoms with Gasteiger partial charge in [0.2, 0.25) is 0 Å². The predicted octanol–water partition coefficient (Wildman–Crippen LogP) is 7.91. The zero-order valence-corrected chi connectivity index (χ0v) is 21.2. The smallest absolute Gasteiger partial charge is 0.416 e. The molecule has 1 aliphatic heterocycles. The number of alkyl halides is 3. The monoisotopic (exact) mass is 570 g/mol. The molecule has 0 saturated carbocycles. The molecular weight excluding hydrogens is 550 g/mol. The van der Waals surface area contributed by atoms with Gasteiger partial charge in [0.15, 0.2) is 11.6 Å². The van der Waals surface area contributed by atoms with Crippen molar-refractivity contribution in [2.24, 2.45) is 4.99 Å². The lowest BCUT2D eigenvalue weighted by Gasteiger charge is -2.38. The van der Waals surface area contributed by atoms with Crippen LogP contribution in [0.1, 0.15) is 29.2 Å². The van der Waals surface area contributed by atoms with Crippen LogP contribution in [0.15, 0.2) is 83.9 Å². The van der Waals surface area contributed by atoms with Gasteiger partial charge in [-0.15, -0.1) is 0 Å². The number of carbonyl (C=O) groups is 1. The second-order valence-electron chi connectivity index (χ2n) is 9.19. The molecule has 1 atom stereocenters. The molecule has 210 valence electrons. The Labute approximate surface area is 230 Å². The van der Waals surface area contributed by atoms with Crippen molar-refractivity contribution >= 4 is 23.2 Å². The van der Waals surface area contributed by atoms with Crippen LogP contribution in [0.4, 0.5) is 37.7 Å². The summed E-state index contributed by atoms with van der Waals surface area (Å²) in [5, 5.41) is 9.77. The number of fused-ring (bicyclic) bond motifs is 1. The van der Waals surface area contributed by atoms with E-state index < -0.39 is 47.6 Å². The molecule has 1 N–H and O–H groups in total. The lowest BCUT2D eigenvalue weighted by atomic mass is 9.94. The van der Waals surface area contributed by atoms with E-state index in [1.54, 1.807) is 12.1 Å². The van der Waals surface area contributed by atoms with Crippen molar-refractivity contribution in [2.75, 3.05) is 12.0 Å². The van der Waals surface area contributed by atoms with Gasteiger partial charge in [-0.25, -0.2) is 18.2 Å². The predicted molar refractivity (Wildman–Crippen MR) is 140 cm³/mol. The number of hydrogen-bond acceptors (Lipinski definition) is 4. The van der Waals surface area contributed by atoms with Crippen LogP contribution < -0.4 is 9.64 Å². The zero-order chi connectivity index (χ0) is 29.5. The van der Waals surface area contributed by atoms with E-state index in [9.17, 15) is 31.9 Å². The van der Waals surface area contributed by atoms with Gasteiger partial charge >= 0.3 is 12.1 Å². The Hall–Kier alpha value is -4.80. The highest BCUT2D eigenvalue weighted by Crippen LogP contribution is 2.46. The molecule has 4 aromatic carbocycles. The summed E-state index contributed by atoms with van der Waals surface area (Å²) in [6, 6.07) is 15.1. The molecule has 0 saturated heterocycles. The van der Waals surface area contributed by atoms with E-state index in [-0.39, 0.29) is 28.5 Å². The molecule has 11 heteroatoms. The van der Waals surface area contributed by atoms with Crippen molar-refractivity contribution in [3.8, 4) is 16.9 Å². The Morgan fingerprint density at radius 3 is 2.20 bits per heavy atom. The van der Waals surface area contributed by atoms with Gasteiger partial charge in [0.1, 0.15) is 23.1 Å². The lowest BCUT2D eigenvalue weighted by molar-refractivity contribution is -0.138. The molecule has 1 aliphatic rings. The molecule has 0 amide bonds. The number of amidine groups is 1. The highest BCUT2D eigenvalue weighted by molar-refractivity contribution is 6.14. The lowest BCUT2D eigenvalue weighted by Crippen LogP contribution is -2.39. The normalized spacial score (nSPS) is 14.9. The molecule has 4 aromatic rings. The van der Waals surface area contributed by atoms with Crippen LogP contribution in [0.5, 0.6) is 5.75 Å². The first-order valence-electron chi connectivity index (χ1n) is 12.2. The summed E-state index contributed by atoms with van der Waals surface area (Å²) in [6.45, 7) is 0. The van der Waals surface area contributed by atoms with E-state index in [1.807, 2.05) is 0 Å². The van der Waals surface area contributed by atoms with Crippen molar-refractivity contribution in [2.45, 2.75) is 18.6 Å². The maximum atomic E-state index is 15.0. The minimum Gasteiger partial charge on any atom is -0.495 e. The van der Waals surface area contributed by atoms with Crippen molar-refractivity contribution in [3.63, 3.8) is 0 Å². The average Bonchev–Trinajstić information content (AvgIpc) is 2.94. The number of methoxy groups -OCH3 is 1. The van der Waals surface area contributed by atoms with Crippen LogP contribution in [0.3, 0.4) is 0 Å². The molecule has 0 aromatic heterocycles. The van der Waals surface area contributed by atoms with Crippen LogP contribution in [-0.4, -0.2) is 24.0 Å². The van der Waals surface area contributed by atoms with Crippen LogP contribution in [0.25, 0.3) is 11.1 Å². The van der Waals surface area contributed by atoms with Gasteiger partial charge in [-0.1, -0.05) is 42.5 Å². The summed E-state index contributed by atoms with van der Waals surface area (Å²) >= 11 is 0. The summed E-state index contributed by atoms with van der Waals surface area (Å²) in [5.41, 5.74) is 0.000565. The maximum absolute atomic E-state index is 15.0. The van der Waals surface area contributed by atoms with Crippen molar-refractivity contribution in [1.82, 2.24) is 0 Å². The highest BCUT2D eigenvalue weighted by atomic mass is 19.4. The van der Waals surface area contributed by atoms with E-state index in [4.69, 9.17) is 4.74 Å². The second-order valence-corrected chi connectivity index (χ2v) is 9.19. The number of benzene rings is 4. The zero-order valence-electron chi connectivity index (χ0n) is 21.2. The van der Waals surface area contributed by atoms with Crippen LogP contribution >= 0.6 is 0 Å². The molecule has 0 aliphatic carbocycles. The minimum atomic E-state index is -4.73. The fraction of sp³-hybridized carbons (Fsp3) is 0.133. The summed E-state index contributed by atoms with van der Waals surface area (Å²) in [6.07, 6.45) is -5.34. The van der Waals surface area contributed by atoms with E-state index in [0.717, 1.165) is 36.4 Å². The standard InChI is InChI=1S/C30H20F6N2O3/c1-41-26-12-10-19(30(34,35)36)14-25(26)38-24(15-27(39)40)20-3-2-4-22(32)28(20)37-29(38)17-7-5-16(6-8-17)18-9-11-21(31)23(33)13-18/h2-14,24H,15H2,1H3,(H,39,40). The first-order valence-corrected chi connectivity index (χ1v) is 12.2. The molecule has 0 spiro atoms. The van der Waals surface area contributed by atoms with E-state index >= 15 is 4.39 Å². The summed E-state index contributed by atoms with van der Waals surface area (Å²) < 4.78 is 88.9. The Morgan fingerprint density at radius 2 is 1.56 bits per heavy atom. The van der Waals surface area contributed by atoms with E-state index in [2.05, 4.69) is 4.99 Å². The summed E-state index contributed by atoms with van der Waals surface area (Å²) in [5.74, 6) is -4.13. The van der Waals surface area contributed by atoms with Gasteiger partial charge in [-0.2, -0.15) is 13.2 Å². The van der Waals surface area contributed by atoms with Crippen LogP contribution in [0.2, 0.25) is 0 Å². The Kier molecular flexibility index (Phi) is 7.20. The van der Waals surface area contributed by atoms with Crippen LogP contribution in [0, 0.1) is 17.5 Å². The Morgan fingerprint density at radius 1 is 0.878 bits per heavy atom. The summed E-state index contributed by atoms with van der Waals surface area (Å²) in [7, 11) is 1.25. The Bertz CT molecular complexity index is 1670. The molecule has 0 fully saturated rings. The second kappa shape index (κ2) is 10.6. The third kappa shape index (κ3) is 5.34. The number of aliphatic imine (C=N–C) groups is 1. The van der Waals surface area contributed by atoms with E-state index in [1.165, 1.54) is 42.3 Å². The molecular formula is C30H20F6N2O3. The highest BCUT2D eigenvalue weighted by Gasteiger charge is 2.38. The van der Waals surface area contributed by atoms with Crippen molar-refractivity contribution in [3.05, 3.63) is 113 Å². The molecule has 5 nitrogen and oxygen atoms in total. The number of rotatable bonds is 6. The third-order valence-corrected chi connectivity index (χ3v) is 6.66. The van der Waals surface area contributed by atoms with Gasteiger partial charge in [0.05, 0.1) is 30.8 Å². The van der Waals surface area contributed by atoms with Crippen LogP contribution in [-0.2, 0) is 11.0 Å². The van der Waals surface area contributed by atoms with Gasteiger partial charge < -0.3 is 14.7 Å². The fourth-order valence-electron chi connectivity index (χ4n) is 4.76. The van der Waals surface area contributed by atoms with Gasteiger partial charge in [0, 0.05) is 11.1 Å². The topological polar surface area (TPSA) is 62.1 Å². The fourth-order valence-corrected chi connectivity index (χ4v) is 4.76. The molecule has 5 rings (SSSR count). The molecule has 41 heavy (non-hydrogen) atoms. The van der Waals surface area contributed by atoms with Crippen molar-refractivity contribution in [1.29, 1.82) is 0 Å². The van der Waals surface area contributed by atoms with Gasteiger partial charge in [-0.05, 0) is 47.5 Å². The third-order valence-electron chi connectivity index (χ3n) is 6.66. The SMILES string of the molecule is COc1ccc(C(F)(F)F)cc1N1C(c2ccc(-c3ccc(F)c(F)c3)cc2)=Nc2c(F)cccc2C1CC(=O)O. The molecule has 0 radical (unpaired) electrons. The summed E-state index contributed by atoms with van der Waals surface area (Å²) in [4.78, 5) is 17.7. The molecule has 1 unspecified atom stereocenters. The number of carboxylic acid groups (broad SMARTS) is 1.